The molecular formula is C24H37N5O5. The number of piperazine rings is 1. The van der Waals surface area contributed by atoms with Crippen molar-refractivity contribution in [2.75, 3.05) is 32.9 Å². The zero-order valence-electron chi connectivity index (χ0n) is 20.8. The summed E-state index contributed by atoms with van der Waals surface area (Å²) in [6.07, 6.45) is 3.82. The van der Waals surface area contributed by atoms with Gasteiger partial charge in [-0.25, -0.2) is 4.98 Å². The molecule has 2 fully saturated rings. The van der Waals surface area contributed by atoms with Gasteiger partial charge in [0.25, 0.3) is 5.91 Å². The molecule has 3 amide bonds. The molecule has 2 unspecified atom stereocenters. The number of nitrogens with one attached hydrogen (secondary N) is 2. The monoisotopic (exact) mass is 475 g/mol. The fraction of sp³-hybridized carbons (Fsp3) is 0.667. The van der Waals surface area contributed by atoms with E-state index in [4.69, 9.17) is 14.5 Å². The van der Waals surface area contributed by atoms with Crippen LogP contribution in [0.25, 0.3) is 6.08 Å². The molecule has 3 rings (SSSR count). The molecule has 10 nitrogen and oxygen atoms in total. The third-order valence-electron chi connectivity index (χ3n) is 5.82. The minimum atomic E-state index is -0.533. The molecule has 1 aromatic heterocycles. The number of imidazole rings is 1. The standard InChI is InChI=1S/C24H37N5O5/c1-6-8-20-26-17(12-18-23(32)28(16(5)30)13-21(31)27-18)22(15(3)4)29(20)24-19(14-33-10-7-2)25-9-11-34-24/h12,15,19,24-25H,6-11,13-14H2,1-5H3,(H,27,31). The normalized spacial score (nSPS) is 22.5. The molecule has 2 aliphatic heterocycles. The Morgan fingerprint density at radius 3 is 2.71 bits per heavy atom. The highest BCUT2D eigenvalue weighted by molar-refractivity contribution is 6.12. The first kappa shape index (κ1) is 26.1. The zero-order valence-corrected chi connectivity index (χ0v) is 20.8. The number of imide groups is 1. The Morgan fingerprint density at radius 1 is 1.29 bits per heavy atom. The summed E-state index contributed by atoms with van der Waals surface area (Å²) >= 11 is 0. The molecule has 0 spiro atoms. The van der Waals surface area contributed by atoms with Gasteiger partial charge in [-0.3, -0.25) is 19.3 Å². The molecule has 0 saturated carbocycles. The summed E-state index contributed by atoms with van der Waals surface area (Å²) in [7, 11) is 0. The van der Waals surface area contributed by atoms with Gasteiger partial charge in [0.05, 0.1) is 30.6 Å². The summed E-state index contributed by atoms with van der Waals surface area (Å²) in [6, 6.07) is -0.0488. The van der Waals surface area contributed by atoms with Gasteiger partial charge < -0.3 is 24.7 Å². The van der Waals surface area contributed by atoms with Crippen molar-refractivity contribution in [1.82, 2.24) is 25.1 Å². The van der Waals surface area contributed by atoms with Crippen LogP contribution in [-0.2, 0) is 30.3 Å². The number of hydrogen-bond donors (Lipinski definition) is 2. The lowest BCUT2D eigenvalue weighted by atomic mass is 10.1. The van der Waals surface area contributed by atoms with Gasteiger partial charge in [0.2, 0.25) is 11.8 Å². The van der Waals surface area contributed by atoms with Gasteiger partial charge in [0.15, 0.2) is 6.23 Å². The number of morpholine rings is 1. The molecule has 188 valence electrons. The summed E-state index contributed by atoms with van der Waals surface area (Å²) in [5, 5.41) is 6.13. The molecule has 2 aliphatic rings. The van der Waals surface area contributed by atoms with E-state index in [9.17, 15) is 14.4 Å². The Balaban J connectivity index is 2.07. The van der Waals surface area contributed by atoms with Crippen molar-refractivity contribution in [3.63, 3.8) is 0 Å². The number of amides is 3. The Hall–Kier alpha value is -2.56. The number of rotatable bonds is 9. The van der Waals surface area contributed by atoms with Gasteiger partial charge in [0.1, 0.15) is 18.1 Å². The average molecular weight is 476 g/mol. The zero-order chi connectivity index (χ0) is 24.8. The Kier molecular flexibility index (Phi) is 8.98. The molecule has 1 aromatic rings. The molecule has 0 aromatic carbocycles. The van der Waals surface area contributed by atoms with Gasteiger partial charge in [-0.1, -0.05) is 27.7 Å². The van der Waals surface area contributed by atoms with Crippen molar-refractivity contribution in [3.8, 4) is 0 Å². The summed E-state index contributed by atoms with van der Waals surface area (Å²) in [4.78, 5) is 42.7. The smallest absolute Gasteiger partial charge is 0.277 e. The van der Waals surface area contributed by atoms with E-state index in [2.05, 4.69) is 42.9 Å². The van der Waals surface area contributed by atoms with E-state index in [-0.39, 0.29) is 30.4 Å². The van der Waals surface area contributed by atoms with E-state index >= 15 is 0 Å². The molecule has 0 aliphatic carbocycles. The van der Waals surface area contributed by atoms with E-state index in [1.165, 1.54) is 6.92 Å². The molecule has 2 N–H and O–H groups in total. The van der Waals surface area contributed by atoms with Gasteiger partial charge >= 0.3 is 0 Å². The van der Waals surface area contributed by atoms with Gasteiger partial charge in [-0.05, 0) is 24.8 Å². The number of ether oxygens (including phenoxy) is 2. The minimum Gasteiger partial charge on any atom is -0.380 e. The Labute approximate surface area is 201 Å². The van der Waals surface area contributed by atoms with E-state index < -0.39 is 17.7 Å². The van der Waals surface area contributed by atoms with Crippen molar-refractivity contribution in [1.29, 1.82) is 0 Å². The van der Waals surface area contributed by atoms with Crippen LogP contribution in [0.2, 0.25) is 0 Å². The van der Waals surface area contributed by atoms with Crippen LogP contribution in [0, 0.1) is 0 Å². The van der Waals surface area contributed by atoms with Crippen LogP contribution in [0.15, 0.2) is 5.70 Å². The molecule has 2 saturated heterocycles. The topological polar surface area (TPSA) is 115 Å². The van der Waals surface area contributed by atoms with E-state index in [0.29, 0.717) is 25.5 Å². The van der Waals surface area contributed by atoms with E-state index in [1.54, 1.807) is 6.08 Å². The highest BCUT2D eigenvalue weighted by Crippen LogP contribution is 2.31. The average Bonchev–Trinajstić information content (AvgIpc) is 3.14. The third kappa shape index (κ3) is 5.73. The summed E-state index contributed by atoms with van der Waals surface area (Å²) in [5.41, 5.74) is 1.55. The summed E-state index contributed by atoms with van der Waals surface area (Å²) in [6.45, 7) is 11.8. The van der Waals surface area contributed by atoms with E-state index in [1.807, 2.05) is 0 Å². The number of nitrogens with zero attached hydrogens (tertiary/aromatic N) is 3. The summed E-state index contributed by atoms with van der Waals surface area (Å²) < 4.78 is 14.2. The summed E-state index contributed by atoms with van der Waals surface area (Å²) in [5.74, 6) is -0.497. The lowest BCUT2D eigenvalue weighted by Gasteiger charge is -2.35. The molecule has 0 radical (unpaired) electrons. The fourth-order valence-electron chi connectivity index (χ4n) is 4.36. The van der Waals surface area contributed by atoms with Crippen molar-refractivity contribution in [2.24, 2.45) is 0 Å². The molecule has 34 heavy (non-hydrogen) atoms. The first-order valence-electron chi connectivity index (χ1n) is 12.2. The van der Waals surface area contributed by atoms with Gasteiger partial charge in [0, 0.05) is 26.5 Å². The highest BCUT2D eigenvalue weighted by Gasteiger charge is 2.35. The first-order valence-corrected chi connectivity index (χ1v) is 12.2. The largest absolute Gasteiger partial charge is 0.380 e. The molecule has 0 bridgehead atoms. The highest BCUT2D eigenvalue weighted by atomic mass is 16.5. The maximum absolute atomic E-state index is 12.9. The number of aryl methyl sites for hydroxylation is 1. The third-order valence-corrected chi connectivity index (χ3v) is 5.82. The maximum atomic E-state index is 12.9. The number of aromatic nitrogens is 2. The van der Waals surface area contributed by atoms with Crippen LogP contribution in [0.5, 0.6) is 0 Å². The van der Waals surface area contributed by atoms with Crippen molar-refractivity contribution in [3.05, 3.63) is 22.9 Å². The Morgan fingerprint density at radius 2 is 2.06 bits per heavy atom. The molecule has 2 atom stereocenters. The van der Waals surface area contributed by atoms with E-state index in [0.717, 1.165) is 42.2 Å². The first-order chi connectivity index (χ1) is 16.3. The predicted molar refractivity (Wildman–Crippen MR) is 127 cm³/mol. The minimum absolute atomic E-state index is 0.0477. The second-order valence-electron chi connectivity index (χ2n) is 8.99. The second kappa shape index (κ2) is 11.7. The lowest BCUT2D eigenvalue weighted by molar-refractivity contribution is -0.147. The van der Waals surface area contributed by atoms with Crippen molar-refractivity contribution in [2.45, 2.75) is 72.1 Å². The number of hydrogen-bond acceptors (Lipinski definition) is 7. The van der Waals surface area contributed by atoms with Crippen molar-refractivity contribution < 1.29 is 23.9 Å². The second-order valence-corrected chi connectivity index (χ2v) is 8.99. The quantitative estimate of drug-likeness (QED) is 0.413. The van der Waals surface area contributed by atoms with Crippen LogP contribution < -0.4 is 10.6 Å². The fourth-order valence-corrected chi connectivity index (χ4v) is 4.36. The predicted octanol–water partition coefficient (Wildman–Crippen LogP) is 1.72. The van der Waals surface area contributed by atoms with Crippen LogP contribution in [0.4, 0.5) is 0 Å². The van der Waals surface area contributed by atoms with Crippen molar-refractivity contribution >= 4 is 23.8 Å². The maximum Gasteiger partial charge on any atom is 0.277 e. The van der Waals surface area contributed by atoms with Crippen LogP contribution in [-0.4, -0.2) is 71.1 Å². The SMILES string of the molecule is CCCOCC1NCCOC1n1c(CCC)nc(C=C2NC(=O)CN(C(C)=O)C2=O)c1C(C)C. The Bertz CT molecular complexity index is 938. The van der Waals surface area contributed by atoms with Crippen LogP contribution in [0.3, 0.4) is 0 Å². The number of carbonyl (C=O) groups is 3. The van der Waals surface area contributed by atoms with Crippen LogP contribution >= 0.6 is 0 Å². The number of carbonyl (C=O) groups excluding carboxylic acids is 3. The molecular weight excluding hydrogens is 438 g/mol. The van der Waals surface area contributed by atoms with Crippen LogP contribution in [0.1, 0.15) is 76.8 Å². The van der Waals surface area contributed by atoms with Gasteiger partial charge in [-0.15, -0.1) is 0 Å². The van der Waals surface area contributed by atoms with Gasteiger partial charge in [-0.2, -0.15) is 0 Å². The molecule has 3 heterocycles. The molecule has 10 heteroatoms. The lowest BCUT2D eigenvalue weighted by Crippen LogP contribution is -2.51.